The molecule has 0 aliphatic carbocycles. The summed E-state index contributed by atoms with van der Waals surface area (Å²) in [6.45, 7) is 3.59. The zero-order valence-electron chi connectivity index (χ0n) is 4.49. The molecule has 0 heterocycles. The lowest BCUT2D eigenvalue weighted by molar-refractivity contribution is 0.989. The third-order valence-corrected chi connectivity index (χ3v) is 1.30. The highest BCUT2D eigenvalue weighted by atomic mass is 127. The Kier molecular flexibility index (Phi) is 14.4. The van der Waals surface area contributed by atoms with Gasteiger partial charge in [-0.25, -0.2) is 0 Å². The fourth-order valence-electron chi connectivity index (χ4n) is 0.221. The predicted molar refractivity (Wildman–Crippen MR) is 43.3 cm³/mol. The van der Waals surface area contributed by atoms with E-state index in [1.807, 2.05) is 6.08 Å². The molecule has 0 unspecified atom stereocenters. The number of alkyl halides is 1. The number of rotatable bonds is 3. The van der Waals surface area contributed by atoms with Gasteiger partial charge in [-0.3, -0.25) is 0 Å². The van der Waals surface area contributed by atoms with Gasteiger partial charge < -0.3 is 6.15 Å². The lowest BCUT2D eigenvalue weighted by Crippen LogP contribution is -1.66. The van der Waals surface area contributed by atoms with Crippen molar-refractivity contribution in [2.45, 2.75) is 12.8 Å². The molecular formula is C5H12IN. The van der Waals surface area contributed by atoms with E-state index in [-0.39, 0.29) is 6.15 Å². The smallest absolute Gasteiger partial charge is 0.000178 e. The van der Waals surface area contributed by atoms with Crippen LogP contribution in [0.4, 0.5) is 0 Å². The normalized spacial score (nSPS) is 7.00. The van der Waals surface area contributed by atoms with Crippen LogP contribution in [-0.4, -0.2) is 4.43 Å². The van der Waals surface area contributed by atoms with Gasteiger partial charge in [-0.05, 0) is 17.3 Å². The van der Waals surface area contributed by atoms with Crippen molar-refractivity contribution in [3.05, 3.63) is 12.7 Å². The summed E-state index contributed by atoms with van der Waals surface area (Å²) in [7, 11) is 0. The number of hydrogen-bond acceptors (Lipinski definition) is 1. The maximum Gasteiger partial charge on any atom is -0.000178 e. The molecule has 0 atom stereocenters. The van der Waals surface area contributed by atoms with Crippen molar-refractivity contribution < 1.29 is 0 Å². The number of unbranched alkanes of at least 4 members (excludes halogenated alkanes) is 1. The second kappa shape index (κ2) is 9.66. The molecule has 44 valence electrons. The molecule has 0 aliphatic heterocycles. The monoisotopic (exact) mass is 213 g/mol. The Morgan fingerprint density at radius 2 is 2.14 bits per heavy atom. The van der Waals surface area contributed by atoms with Gasteiger partial charge in [0.15, 0.2) is 0 Å². The number of halogens is 1. The van der Waals surface area contributed by atoms with Gasteiger partial charge in [0.25, 0.3) is 0 Å². The molecule has 0 saturated carbocycles. The van der Waals surface area contributed by atoms with Crippen LogP contribution in [0.25, 0.3) is 0 Å². The van der Waals surface area contributed by atoms with Gasteiger partial charge >= 0.3 is 0 Å². The Hall–Kier alpha value is 0.430. The molecule has 0 spiro atoms. The van der Waals surface area contributed by atoms with E-state index in [1.165, 1.54) is 17.3 Å². The lowest BCUT2D eigenvalue weighted by Gasteiger charge is -1.80. The summed E-state index contributed by atoms with van der Waals surface area (Å²) in [5.74, 6) is 0. The topological polar surface area (TPSA) is 35.0 Å². The zero-order chi connectivity index (χ0) is 4.83. The Morgan fingerprint density at radius 3 is 2.29 bits per heavy atom. The van der Waals surface area contributed by atoms with Gasteiger partial charge in [-0.1, -0.05) is 28.7 Å². The first kappa shape index (κ1) is 10.4. The minimum absolute atomic E-state index is 0. The summed E-state index contributed by atoms with van der Waals surface area (Å²) in [6.07, 6.45) is 4.41. The van der Waals surface area contributed by atoms with Gasteiger partial charge in [-0.2, -0.15) is 0 Å². The average molecular weight is 213 g/mol. The highest BCUT2D eigenvalue weighted by Gasteiger charge is 1.72. The number of hydrogen-bond donors (Lipinski definition) is 1. The SMILES string of the molecule is C=CCCCI.N. The molecule has 0 fully saturated rings. The van der Waals surface area contributed by atoms with E-state index < -0.39 is 0 Å². The summed E-state index contributed by atoms with van der Waals surface area (Å²) < 4.78 is 1.25. The van der Waals surface area contributed by atoms with Crippen molar-refractivity contribution in [1.82, 2.24) is 6.15 Å². The van der Waals surface area contributed by atoms with Gasteiger partial charge in [0.1, 0.15) is 0 Å². The van der Waals surface area contributed by atoms with Crippen LogP contribution < -0.4 is 6.15 Å². The van der Waals surface area contributed by atoms with Crippen LogP contribution in [0.3, 0.4) is 0 Å². The molecule has 0 aromatic rings. The maximum atomic E-state index is 3.59. The molecule has 0 aromatic carbocycles. The van der Waals surface area contributed by atoms with Crippen molar-refractivity contribution in [3.8, 4) is 0 Å². The fourth-order valence-corrected chi connectivity index (χ4v) is 0.662. The van der Waals surface area contributed by atoms with E-state index in [1.54, 1.807) is 0 Å². The molecule has 0 radical (unpaired) electrons. The predicted octanol–water partition coefficient (Wildman–Crippen LogP) is 2.55. The largest absolute Gasteiger partial charge is 0.344 e. The third kappa shape index (κ3) is 10.7. The molecule has 0 rings (SSSR count). The van der Waals surface area contributed by atoms with E-state index in [4.69, 9.17) is 0 Å². The molecule has 0 aromatic heterocycles. The van der Waals surface area contributed by atoms with Crippen LogP contribution in [0.5, 0.6) is 0 Å². The van der Waals surface area contributed by atoms with Crippen LogP contribution >= 0.6 is 22.6 Å². The van der Waals surface area contributed by atoms with Crippen molar-refractivity contribution >= 4 is 22.6 Å². The summed E-state index contributed by atoms with van der Waals surface area (Å²) >= 11 is 2.36. The summed E-state index contributed by atoms with van der Waals surface area (Å²) in [5.41, 5.74) is 0. The van der Waals surface area contributed by atoms with Crippen molar-refractivity contribution in [1.29, 1.82) is 0 Å². The standard InChI is InChI=1S/C5H9I.H3N/c1-2-3-4-5-6;/h2H,1,3-5H2;1H3. The van der Waals surface area contributed by atoms with Crippen molar-refractivity contribution in [2.24, 2.45) is 0 Å². The van der Waals surface area contributed by atoms with Gasteiger partial charge in [-0.15, -0.1) is 6.58 Å². The van der Waals surface area contributed by atoms with E-state index in [9.17, 15) is 0 Å². The molecule has 1 nitrogen and oxygen atoms in total. The van der Waals surface area contributed by atoms with Crippen LogP contribution in [-0.2, 0) is 0 Å². The first-order chi connectivity index (χ1) is 2.91. The van der Waals surface area contributed by atoms with E-state index in [0.717, 1.165) is 0 Å². The molecule has 7 heavy (non-hydrogen) atoms. The highest BCUT2D eigenvalue weighted by molar-refractivity contribution is 14.1. The van der Waals surface area contributed by atoms with Crippen LogP contribution in [0.15, 0.2) is 12.7 Å². The fraction of sp³-hybridized carbons (Fsp3) is 0.600. The lowest BCUT2D eigenvalue weighted by atomic mass is 10.3. The quantitative estimate of drug-likeness (QED) is 0.332. The van der Waals surface area contributed by atoms with Crippen molar-refractivity contribution in [2.75, 3.05) is 4.43 Å². The van der Waals surface area contributed by atoms with E-state index >= 15 is 0 Å². The molecule has 0 saturated heterocycles. The Bertz CT molecular complexity index is 37.1. The first-order valence-electron chi connectivity index (χ1n) is 2.08. The van der Waals surface area contributed by atoms with Gasteiger partial charge in [0, 0.05) is 0 Å². The Morgan fingerprint density at radius 1 is 1.57 bits per heavy atom. The molecule has 0 aliphatic rings. The highest BCUT2D eigenvalue weighted by Crippen LogP contribution is 1.92. The molecule has 2 heteroatoms. The van der Waals surface area contributed by atoms with Crippen LogP contribution in [0, 0.1) is 0 Å². The second-order valence-corrected chi connectivity index (χ2v) is 2.20. The second-order valence-electron chi connectivity index (χ2n) is 1.12. The van der Waals surface area contributed by atoms with Gasteiger partial charge in [0.05, 0.1) is 0 Å². The average Bonchev–Trinajstić information content (AvgIpc) is 1.61. The summed E-state index contributed by atoms with van der Waals surface area (Å²) in [6, 6.07) is 0. The number of allylic oxidation sites excluding steroid dienone is 1. The third-order valence-electron chi connectivity index (χ3n) is 0.542. The summed E-state index contributed by atoms with van der Waals surface area (Å²) in [4.78, 5) is 0. The van der Waals surface area contributed by atoms with Crippen LogP contribution in [0.1, 0.15) is 12.8 Å². The molecular weight excluding hydrogens is 201 g/mol. The van der Waals surface area contributed by atoms with E-state index in [0.29, 0.717) is 0 Å². The molecule has 0 amide bonds. The zero-order valence-corrected chi connectivity index (χ0v) is 6.65. The molecule has 3 N–H and O–H groups in total. The van der Waals surface area contributed by atoms with Gasteiger partial charge in [0.2, 0.25) is 0 Å². The first-order valence-corrected chi connectivity index (χ1v) is 3.61. The van der Waals surface area contributed by atoms with E-state index in [2.05, 4.69) is 29.2 Å². The van der Waals surface area contributed by atoms with Crippen LogP contribution in [0.2, 0.25) is 0 Å². The minimum atomic E-state index is 0. The minimum Gasteiger partial charge on any atom is -0.344 e. The van der Waals surface area contributed by atoms with Crippen molar-refractivity contribution in [3.63, 3.8) is 0 Å². The Labute approximate surface area is 58.9 Å². The molecule has 0 bridgehead atoms. The maximum absolute atomic E-state index is 3.59. The summed E-state index contributed by atoms with van der Waals surface area (Å²) in [5, 5.41) is 0. The Balaban J connectivity index is 0.